The SMILES string of the molecule is CCOC(CCN(C)C)CNC(=NC)NC(C)Cc1c(C)nn(C)c1C.I. The number of nitrogens with one attached hydrogen (secondary N) is 2. The molecule has 0 fully saturated rings. The standard InChI is InChI=1S/C19H38N6O.HI/c1-9-26-17(10-11-24(6)7)13-21-19(20-5)22-14(2)12-18-15(3)23-25(8)16(18)4;/h14,17H,9-13H2,1-8H3,(H2,20,21,22);1H. The van der Waals surface area contributed by atoms with Gasteiger partial charge in [0.05, 0.1) is 11.8 Å². The first-order valence-electron chi connectivity index (χ1n) is 9.51. The summed E-state index contributed by atoms with van der Waals surface area (Å²) < 4.78 is 7.79. The Morgan fingerprint density at radius 3 is 2.48 bits per heavy atom. The van der Waals surface area contributed by atoms with Gasteiger partial charge >= 0.3 is 0 Å². The van der Waals surface area contributed by atoms with E-state index in [0.29, 0.717) is 0 Å². The molecule has 27 heavy (non-hydrogen) atoms. The number of aliphatic imine (C=N–C) groups is 1. The van der Waals surface area contributed by atoms with Crippen LogP contribution in [0.2, 0.25) is 0 Å². The lowest BCUT2D eigenvalue weighted by atomic mass is 10.1. The minimum atomic E-state index is 0. The Labute approximate surface area is 182 Å². The molecule has 158 valence electrons. The van der Waals surface area contributed by atoms with Crippen molar-refractivity contribution in [2.24, 2.45) is 12.0 Å². The Hall–Kier alpha value is -0.870. The molecule has 1 aromatic heterocycles. The van der Waals surface area contributed by atoms with Gasteiger partial charge in [-0.05, 0) is 60.2 Å². The fraction of sp³-hybridized carbons (Fsp3) is 0.789. The first-order valence-corrected chi connectivity index (χ1v) is 9.51. The molecule has 0 spiro atoms. The molecule has 2 N–H and O–H groups in total. The van der Waals surface area contributed by atoms with E-state index in [1.54, 1.807) is 7.05 Å². The minimum Gasteiger partial charge on any atom is -0.377 e. The molecule has 0 aliphatic rings. The van der Waals surface area contributed by atoms with Gasteiger partial charge in [-0.1, -0.05) is 0 Å². The summed E-state index contributed by atoms with van der Waals surface area (Å²) in [5.41, 5.74) is 3.63. The highest BCUT2D eigenvalue weighted by Gasteiger charge is 2.15. The summed E-state index contributed by atoms with van der Waals surface area (Å²) in [5.74, 6) is 0.811. The van der Waals surface area contributed by atoms with E-state index >= 15 is 0 Å². The van der Waals surface area contributed by atoms with E-state index in [0.717, 1.165) is 44.2 Å². The molecule has 0 bridgehead atoms. The van der Waals surface area contributed by atoms with E-state index in [-0.39, 0.29) is 36.1 Å². The lowest BCUT2D eigenvalue weighted by Crippen LogP contribution is -2.46. The Morgan fingerprint density at radius 1 is 1.33 bits per heavy atom. The number of ether oxygens (including phenoxy) is 1. The van der Waals surface area contributed by atoms with Gasteiger partial charge in [0.2, 0.25) is 0 Å². The van der Waals surface area contributed by atoms with Crippen molar-refractivity contribution in [3.05, 3.63) is 17.0 Å². The van der Waals surface area contributed by atoms with Crippen LogP contribution in [-0.2, 0) is 18.2 Å². The zero-order chi connectivity index (χ0) is 19.7. The van der Waals surface area contributed by atoms with E-state index in [1.807, 2.05) is 18.7 Å². The minimum absolute atomic E-state index is 0. The van der Waals surface area contributed by atoms with Crippen LogP contribution in [0, 0.1) is 13.8 Å². The molecule has 0 aliphatic carbocycles. The van der Waals surface area contributed by atoms with Crippen LogP contribution in [0.3, 0.4) is 0 Å². The van der Waals surface area contributed by atoms with E-state index in [9.17, 15) is 0 Å². The van der Waals surface area contributed by atoms with Gasteiger partial charge < -0.3 is 20.3 Å². The molecule has 7 nitrogen and oxygen atoms in total. The summed E-state index contributed by atoms with van der Waals surface area (Å²) in [6.45, 7) is 10.9. The number of hydrogen-bond donors (Lipinski definition) is 2. The fourth-order valence-electron chi connectivity index (χ4n) is 2.99. The molecule has 0 radical (unpaired) electrons. The first-order chi connectivity index (χ1) is 12.3. The highest BCUT2D eigenvalue weighted by molar-refractivity contribution is 14.0. The normalized spacial score (nSPS) is 14.0. The summed E-state index contributed by atoms with van der Waals surface area (Å²) in [7, 11) is 7.96. The van der Waals surface area contributed by atoms with Crippen molar-refractivity contribution in [1.82, 2.24) is 25.3 Å². The number of guanidine groups is 1. The predicted octanol–water partition coefficient (Wildman–Crippen LogP) is 2.11. The van der Waals surface area contributed by atoms with Crippen LogP contribution >= 0.6 is 24.0 Å². The number of aromatic nitrogens is 2. The molecule has 8 heteroatoms. The van der Waals surface area contributed by atoms with Crippen molar-refractivity contribution in [3.63, 3.8) is 0 Å². The highest BCUT2D eigenvalue weighted by Crippen LogP contribution is 2.14. The molecule has 2 unspecified atom stereocenters. The lowest BCUT2D eigenvalue weighted by Gasteiger charge is -2.23. The zero-order valence-corrected chi connectivity index (χ0v) is 20.6. The number of hydrogen-bond acceptors (Lipinski definition) is 4. The maximum absolute atomic E-state index is 5.84. The molecule has 1 rings (SSSR count). The monoisotopic (exact) mass is 494 g/mol. The topological polar surface area (TPSA) is 66.7 Å². The van der Waals surface area contributed by atoms with Gasteiger partial charge in [0, 0.05) is 45.5 Å². The van der Waals surface area contributed by atoms with Crippen molar-refractivity contribution in [3.8, 4) is 0 Å². The van der Waals surface area contributed by atoms with Crippen molar-refractivity contribution in [2.75, 3.05) is 40.8 Å². The van der Waals surface area contributed by atoms with Crippen LogP contribution in [0.25, 0.3) is 0 Å². The van der Waals surface area contributed by atoms with E-state index in [4.69, 9.17) is 4.74 Å². The summed E-state index contributed by atoms with van der Waals surface area (Å²) >= 11 is 0. The van der Waals surface area contributed by atoms with Gasteiger partial charge in [-0.25, -0.2) is 0 Å². The quantitative estimate of drug-likeness (QED) is 0.296. The Kier molecular flexibility index (Phi) is 12.9. The van der Waals surface area contributed by atoms with Crippen LogP contribution in [0.5, 0.6) is 0 Å². The molecule has 1 aromatic rings. The Balaban J connectivity index is 0.00000676. The summed E-state index contributed by atoms with van der Waals surface area (Å²) in [5, 5.41) is 11.4. The second kappa shape index (κ2) is 13.3. The number of halogens is 1. The third-order valence-electron chi connectivity index (χ3n) is 4.57. The number of nitrogens with zero attached hydrogens (tertiary/aromatic N) is 4. The average molecular weight is 494 g/mol. The van der Waals surface area contributed by atoms with Crippen LogP contribution in [0.1, 0.15) is 37.2 Å². The Bertz CT molecular complexity index is 573. The van der Waals surface area contributed by atoms with Gasteiger partial charge in [-0.15, -0.1) is 24.0 Å². The fourth-order valence-corrected chi connectivity index (χ4v) is 2.99. The van der Waals surface area contributed by atoms with Crippen LogP contribution in [0.15, 0.2) is 4.99 Å². The highest BCUT2D eigenvalue weighted by atomic mass is 127. The second-order valence-corrected chi connectivity index (χ2v) is 7.14. The van der Waals surface area contributed by atoms with Crippen LogP contribution in [-0.4, -0.2) is 73.6 Å². The van der Waals surface area contributed by atoms with E-state index in [2.05, 4.69) is 60.5 Å². The molecule has 2 atom stereocenters. The largest absolute Gasteiger partial charge is 0.377 e. The third kappa shape index (κ3) is 9.25. The van der Waals surface area contributed by atoms with Crippen LogP contribution < -0.4 is 10.6 Å². The van der Waals surface area contributed by atoms with Gasteiger partial charge in [-0.2, -0.15) is 5.10 Å². The van der Waals surface area contributed by atoms with Gasteiger partial charge in [0.15, 0.2) is 5.96 Å². The molecule has 1 heterocycles. The molecule has 0 aliphatic heterocycles. The average Bonchev–Trinajstić information content (AvgIpc) is 2.82. The van der Waals surface area contributed by atoms with Crippen molar-refractivity contribution >= 4 is 29.9 Å². The lowest BCUT2D eigenvalue weighted by molar-refractivity contribution is 0.0548. The number of rotatable bonds is 10. The predicted molar refractivity (Wildman–Crippen MR) is 124 cm³/mol. The maximum Gasteiger partial charge on any atom is 0.191 e. The van der Waals surface area contributed by atoms with Crippen LogP contribution in [0.4, 0.5) is 0 Å². The molecule has 0 saturated heterocycles. The first kappa shape index (κ1) is 26.1. The summed E-state index contributed by atoms with van der Waals surface area (Å²) in [6, 6.07) is 0.259. The molecule has 0 amide bonds. The summed E-state index contributed by atoms with van der Waals surface area (Å²) in [4.78, 5) is 6.53. The van der Waals surface area contributed by atoms with Gasteiger partial charge in [0.25, 0.3) is 0 Å². The van der Waals surface area contributed by atoms with Gasteiger partial charge in [-0.3, -0.25) is 9.67 Å². The molecule has 0 aromatic carbocycles. The molecule has 0 saturated carbocycles. The van der Waals surface area contributed by atoms with Crippen molar-refractivity contribution in [1.29, 1.82) is 0 Å². The van der Waals surface area contributed by atoms with Crippen molar-refractivity contribution in [2.45, 2.75) is 52.7 Å². The van der Waals surface area contributed by atoms with Gasteiger partial charge in [0.1, 0.15) is 0 Å². The molecular formula is C19H39IN6O. The van der Waals surface area contributed by atoms with E-state index < -0.39 is 0 Å². The van der Waals surface area contributed by atoms with Crippen molar-refractivity contribution < 1.29 is 4.74 Å². The third-order valence-corrected chi connectivity index (χ3v) is 4.57. The number of aryl methyl sites for hydroxylation is 2. The summed E-state index contributed by atoms with van der Waals surface area (Å²) in [6.07, 6.45) is 2.09. The zero-order valence-electron chi connectivity index (χ0n) is 18.3. The van der Waals surface area contributed by atoms with E-state index in [1.165, 1.54) is 11.3 Å². The Morgan fingerprint density at radius 2 is 2.00 bits per heavy atom. The molecular weight excluding hydrogens is 455 g/mol. The maximum atomic E-state index is 5.84. The second-order valence-electron chi connectivity index (χ2n) is 7.14. The smallest absolute Gasteiger partial charge is 0.191 e.